The summed E-state index contributed by atoms with van der Waals surface area (Å²) in [6, 6.07) is 2.36. The summed E-state index contributed by atoms with van der Waals surface area (Å²) in [5.74, 6) is 0.621. The Kier molecular flexibility index (Phi) is 2.91. The van der Waals surface area contributed by atoms with Gasteiger partial charge >= 0.3 is 0 Å². The van der Waals surface area contributed by atoms with Crippen molar-refractivity contribution < 1.29 is 0 Å². The van der Waals surface area contributed by atoms with Crippen LogP contribution in [-0.2, 0) is 6.42 Å². The maximum atomic E-state index is 8.51. The van der Waals surface area contributed by atoms with Crippen LogP contribution < -0.4 is 5.73 Å². The molecule has 4 nitrogen and oxygen atoms in total. The van der Waals surface area contributed by atoms with Crippen LogP contribution in [0.2, 0.25) is 0 Å². The molecule has 0 aliphatic rings. The Morgan fingerprint density at radius 2 is 2.46 bits per heavy atom. The highest BCUT2D eigenvalue weighted by atomic mass is 15.3. The first-order valence-corrected chi connectivity index (χ1v) is 4.39. The minimum Gasteiger partial charge on any atom is -0.384 e. The van der Waals surface area contributed by atoms with E-state index in [4.69, 9.17) is 11.0 Å². The van der Waals surface area contributed by atoms with Gasteiger partial charge in [0.25, 0.3) is 0 Å². The molecule has 1 aromatic rings. The highest BCUT2D eigenvalue weighted by Crippen LogP contribution is 2.18. The average molecular weight is 178 g/mol. The van der Waals surface area contributed by atoms with E-state index >= 15 is 0 Å². The maximum Gasteiger partial charge on any atom is 0.126 e. The Labute approximate surface area is 78.0 Å². The van der Waals surface area contributed by atoms with Gasteiger partial charge in [0.2, 0.25) is 0 Å². The van der Waals surface area contributed by atoms with Crippen LogP contribution >= 0.6 is 0 Å². The fourth-order valence-electron chi connectivity index (χ4n) is 1.15. The number of anilines is 1. The van der Waals surface area contributed by atoms with Crippen LogP contribution in [-0.4, -0.2) is 9.78 Å². The van der Waals surface area contributed by atoms with Crippen LogP contribution in [0.1, 0.15) is 31.9 Å². The van der Waals surface area contributed by atoms with E-state index in [1.54, 1.807) is 10.9 Å². The van der Waals surface area contributed by atoms with Gasteiger partial charge < -0.3 is 5.73 Å². The zero-order chi connectivity index (χ0) is 9.84. The second-order valence-electron chi connectivity index (χ2n) is 3.09. The van der Waals surface area contributed by atoms with E-state index in [9.17, 15) is 0 Å². The normalized spacial score (nSPS) is 12.4. The minimum atomic E-state index is 0.299. The molecule has 0 saturated heterocycles. The van der Waals surface area contributed by atoms with Gasteiger partial charge in [-0.25, -0.2) is 4.68 Å². The molecule has 4 heteroatoms. The van der Waals surface area contributed by atoms with Gasteiger partial charge in [-0.15, -0.1) is 0 Å². The van der Waals surface area contributed by atoms with Gasteiger partial charge in [0.1, 0.15) is 5.82 Å². The third kappa shape index (κ3) is 1.81. The number of nitrogens with zero attached hydrogens (tertiary/aromatic N) is 3. The van der Waals surface area contributed by atoms with E-state index in [0.29, 0.717) is 18.3 Å². The van der Waals surface area contributed by atoms with Gasteiger partial charge in [-0.2, -0.15) is 10.4 Å². The third-order valence-corrected chi connectivity index (χ3v) is 2.19. The molecule has 2 N–H and O–H groups in total. The molecule has 0 aliphatic heterocycles. The van der Waals surface area contributed by atoms with Gasteiger partial charge in [-0.3, -0.25) is 0 Å². The number of rotatable bonds is 3. The predicted octanol–water partition coefficient (Wildman–Crippen LogP) is 1.50. The number of nitrogen functional groups attached to an aromatic ring is 1. The SMILES string of the molecule is CCC(C)n1ncc(CC#N)c1N. The van der Waals surface area contributed by atoms with Gasteiger partial charge in [-0.1, -0.05) is 6.92 Å². The average Bonchev–Trinajstić information content (AvgIpc) is 2.48. The van der Waals surface area contributed by atoms with E-state index in [-0.39, 0.29) is 0 Å². The van der Waals surface area contributed by atoms with Crippen molar-refractivity contribution in [1.82, 2.24) is 9.78 Å². The summed E-state index contributed by atoms with van der Waals surface area (Å²) in [5.41, 5.74) is 6.64. The molecule has 1 heterocycles. The van der Waals surface area contributed by atoms with E-state index < -0.39 is 0 Å². The second-order valence-corrected chi connectivity index (χ2v) is 3.09. The van der Waals surface area contributed by atoms with Crippen molar-refractivity contribution in [1.29, 1.82) is 5.26 Å². The molecular formula is C9H14N4. The first-order valence-electron chi connectivity index (χ1n) is 4.39. The molecule has 0 bridgehead atoms. The third-order valence-electron chi connectivity index (χ3n) is 2.19. The summed E-state index contributed by atoms with van der Waals surface area (Å²) in [4.78, 5) is 0. The maximum absolute atomic E-state index is 8.51. The van der Waals surface area contributed by atoms with Crippen molar-refractivity contribution in [2.24, 2.45) is 0 Å². The lowest BCUT2D eigenvalue weighted by Gasteiger charge is -2.10. The molecule has 0 spiro atoms. The fraction of sp³-hybridized carbons (Fsp3) is 0.556. The van der Waals surface area contributed by atoms with Gasteiger partial charge in [0.05, 0.1) is 24.7 Å². The zero-order valence-electron chi connectivity index (χ0n) is 7.99. The quantitative estimate of drug-likeness (QED) is 0.762. The monoisotopic (exact) mass is 178 g/mol. The summed E-state index contributed by atoms with van der Waals surface area (Å²) in [6.45, 7) is 4.13. The molecule has 1 rings (SSSR count). The van der Waals surface area contributed by atoms with E-state index in [2.05, 4.69) is 25.0 Å². The van der Waals surface area contributed by atoms with Crippen molar-refractivity contribution in [2.75, 3.05) is 5.73 Å². The summed E-state index contributed by atoms with van der Waals surface area (Å²) in [7, 11) is 0. The number of nitrogens with two attached hydrogens (primary N) is 1. The number of aromatic nitrogens is 2. The van der Waals surface area contributed by atoms with Crippen LogP contribution in [0.3, 0.4) is 0 Å². The first-order chi connectivity index (χ1) is 6.20. The van der Waals surface area contributed by atoms with Crippen molar-refractivity contribution in [2.45, 2.75) is 32.7 Å². The second kappa shape index (κ2) is 3.94. The summed E-state index contributed by atoms with van der Waals surface area (Å²) in [6.07, 6.45) is 2.99. The first kappa shape index (κ1) is 9.59. The Balaban J connectivity index is 2.93. The lowest BCUT2D eigenvalue weighted by atomic mass is 10.2. The molecule has 0 amide bonds. The molecule has 0 saturated carbocycles. The number of hydrogen-bond acceptors (Lipinski definition) is 3. The Morgan fingerprint density at radius 3 is 3.00 bits per heavy atom. The van der Waals surface area contributed by atoms with Crippen LogP contribution in [0.4, 0.5) is 5.82 Å². The Bertz CT molecular complexity index is 321. The molecule has 13 heavy (non-hydrogen) atoms. The highest BCUT2D eigenvalue weighted by molar-refractivity contribution is 5.40. The molecule has 1 aromatic heterocycles. The largest absolute Gasteiger partial charge is 0.384 e. The Morgan fingerprint density at radius 1 is 1.77 bits per heavy atom. The number of hydrogen-bond donors (Lipinski definition) is 1. The van der Waals surface area contributed by atoms with Crippen molar-refractivity contribution in [3.8, 4) is 6.07 Å². The van der Waals surface area contributed by atoms with E-state index in [1.807, 2.05) is 0 Å². The smallest absolute Gasteiger partial charge is 0.126 e. The van der Waals surface area contributed by atoms with E-state index in [1.165, 1.54) is 0 Å². The molecule has 1 atom stereocenters. The lowest BCUT2D eigenvalue weighted by Crippen LogP contribution is -2.09. The van der Waals surface area contributed by atoms with Gasteiger partial charge in [-0.05, 0) is 13.3 Å². The standard InChI is InChI=1S/C9H14N4/c1-3-7(2)13-9(11)8(4-5-10)6-12-13/h6-7H,3-4,11H2,1-2H3. The van der Waals surface area contributed by atoms with Crippen molar-refractivity contribution in [3.05, 3.63) is 11.8 Å². The molecule has 0 aliphatic carbocycles. The topological polar surface area (TPSA) is 67.6 Å². The van der Waals surface area contributed by atoms with Crippen LogP contribution in [0.15, 0.2) is 6.20 Å². The van der Waals surface area contributed by atoms with Gasteiger partial charge in [0.15, 0.2) is 0 Å². The molecular weight excluding hydrogens is 164 g/mol. The van der Waals surface area contributed by atoms with Gasteiger partial charge in [0, 0.05) is 5.56 Å². The fourth-order valence-corrected chi connectivity index (χ4v) is 1.15. The van der Waals surface area contributed by atoms with Crippen LogP contribution in [0, 0.1) is 11.3 Å². The molecule has 1 unspecified atom stereocenters. The molecule has 0 fully saturated rings. The van der Waals surface area contributed by atoms with Crippen LogP contribution in [0.25, 0.3) is 0 Å². The van der Waals surface area contributed by atoms with Crippen molar-refractivity contribution >= 4 is 5.82 Å². The molecule has 0 radical (unpaired) electrons. The number of nitriles is 1. The summed E-state index contributed by atoms with van der Waals surface area (Å²) < 4.78 is 1.77. The lowest BCUT2D eigenvalue weighted by molar-refractivity contribution is 0.484. The highest BCUT2D eigenvalue weighted by Gasteiger charge is 2.10. The summed E-state index contributed by atoms with van der Waals surface area (Å²) in [5, 5.41) is 12.7. The Hall–Kier alpha value is -1.50. The molecule has 0 aromatic carbocycles. The predicted molar refractivity (Wildman–Crippen MR) is 51.0 cm³/mol. The summed E-state index contributed by atoms with van der Waals surface area (Å²) >= 11 is 0. The minimum absolute atomic E-state index is 0.299. The van der Waals surface area contributed by atoms with E-state index in [0.717, 1.165) is 12.0 Å². The van der Waals surface area contributed by atoms with Crippen molar-refractivity contribution in [3.63, 3.8) is 0 Å². The zero-order valence-corrected chi connectivity index (χ0v) is 7.99. The molecule has 70 valence electrons. The van der Waals surface area contributed by atoms with Crippen LogP contribution in [0.5, 0.6) is 0 Å².